The van der Waals surface area contributed by atoms with Crippen LogP contribution in [0.3, 0.4) is 0 Å². The molecule has 0 saturated heterocycles. The fourth-order valence-corrected chi connectivity index (χ4v) is 2.13. The van der Waals surface area contributed by atoms with Crippen molar-refractivity contribution in [1.82, 2.24) is 0 Å². The maximum atomic E-state index is 13.9. The third kappa shape index (κ3) is 2.76. The summed E-state index contributed by atoms with van der Waals surface area (Å²) in [5.41, 5.74) is 2.24. The molecular formula is C16H16F2. The van der Waals surface area contributed by atoms with Crippen LogP contribution in [-0.4, -0.2) is 0 Å². The van der Waals surface area contributed by atoms with Crippen molar-refractivity contribution in [3.8, 4) is 0 Å². The van der Waals surface area contributed by atoms with E-state index >= 15 is 0 Å². The van der Waals surface area contributed by atoms with Gasteiger partial charge in [-0.1, -0.05) is 37.3 Å². The highest BCUT2D eigenvalue weighted by Gasteiger charge is 2.11. The van der Waals surface area contributed by atoms with Gasteiger partial charge in [-0.05, 0) is 48.1 Å². The first-order chi connectivity index (χ1) is 8.58. The molecule has 2 aromatic carbocycles. The summed E-state index contributed by atoms with van der Waals surface area (Å²) < 4.78 is 27.0. The minimum absolute atomic E-state index is 0.0944. The van der Waals surface area contributed by atoms with Gasteiger partial charge in [0.25, 0.3) is 0 Å². The first-order valence-corrected chi connectivity index (χ1v) is 6.07. The standard InChI is InChI=1S/C16H16F2/c1-11-5-3-7-14(16(11)18)9-12(2)13-6-4-8-15(17)10-13/h3-8,10,12H,9H2,1-2H3/t12-/m0/s1. The smallest absolute Gasteiger partial charge is 0.129 e. The van der Waals surface area contributed by atoms with Crippen molar-refractivity contribution >= 4 is 0 Å². The number of halogens is 2. The predicted octanol–water partition coefficient (Wildman–Crippen LogP) is 4.62. The van der Waals surface area contributed by atoms with E-state index in [0.717, 1.165) is 5.56 Å². The number of benzene rings is 2. The van der Waals surface area contributed by atoms with Gasteiger partial charge in [0.1, 0.15) is 11.6 Å². The van der Waals surface area contributed by atoms with Crippen LogP contribution in [0.25, 0.3) is 0 Å². The highest BCUT2D eigenvalue weighted by atomic mass is 19.1. The van der Waals surface area contributed by atoms with Crippen molar-refractivity contribution in [2.45, 2.75) is 26.2 Å². The van der Waals surface area contributed by atoms with Crippen LogP contribution in [0.5, 0.6) is 0 Å². The Hall–Kier alpha value is -1.70. The van der Waals surface area contributed by atoms with Crippen LogP contribution in [0.2, 0.25) is 0 Å². The van der Waals surface area contributed by atoms with Gasteiger partial charge in [-0.25, -0.2) is 8.78 Å². The largest absolute Gasteiger partial charge is 0.207 e. The molecule has 0 nitrogen and oxygen atoms in total. The molecule has 0 unspecified atom stereocenters. The van der Waals surface area contributed by atoms with E-state index in [-0.39, 0.29) is 17.6 Å². The summed E-state index contributed by atoms with van der Waals surface area (Å²) in [5, 5.41) is 0. The second-order valence-corrected chi connectivity index (χ2v) is 4.71. The van der Waals surface area contributed by atoms with Gasteiger partial charge in [0.2, 0.25) is 0 Å². The van der Waals surface area contributed by atoms with E-state index in [1.54, 1.807) is 25.1 Å². The van der Waals surface area contributed by atoms with Gasteiger partial charge in [0.15, 0.2) is 0 Å². The summed E-state index contributed by atoms with van der Waals surface area (Å²) in [6.07, 6.45) is 0.580. The zero-order valence-electron chi connectivity index (χ0n) is 10.6. The van der Waals surface area contributed by atoms with E-state index in [0.29, 0.717) is 17.5 Å². The lowest BCUT2D eigenvalue weighted by atomic mass is 9.93. The van der Waals surface area contributed by atoms with Gasteiger partial charge in [-0.2, -0.15) is 0 Å². The molecule has 94 valence electrons. The van der Waals surface area contributed by atoms with E-state index in [1.165, 1.54) is 12.1 Å². The van der Waals surface area contributed by atoms with Crippen molar-refractivity contribution in [3.05, 3.63) is 70.8 Å². The van der Waals surface area contributed by atoms with E-state index in [4.69, 9.17) is 0 Å². The maximum Gasteiger partial charge on any atom is 0.129 e. The van der Waals surface area contributed by atoms with E-state index in [2.05, 4.69) is 0 Å². The highest BCUT2D eigenvalue weighted by molar-refractivity contribution is 5.28. The van der Waals surface area contributed by atoms with Crippen molar-refractivity contribution in [3.63, 3.8) is 0 Å². The van der Waals surface area contributed by atoms with Gasteiger partial charge >= 0.3 is 0 Å². The van der Waals surface area contributed by atoms with Gasteiger partial charge in [-0.15, -0.1) is 0 Å². The second kappa shape index (κ2) is 5.30. The molecule has 0 aliphatic heterocycles. The minimum Gasteiger partial charge on any atom is -0.207 e. The quantitative estimate of drug-likeness (QED) is 0.741. The number of hydrogen-bond acceptors (Lipinski definition) is 0. The van der Waals surface area contributed by atoms with Crippen molar-refractivity contribution in [1.29, 1.82) is 0 Å². The lowest BCUT2D eigenvalue weighted by molar-refractivity contribution is 0.587. The molecule has 1 atom stereocenters. The average Bonchev–Trinajstić information content (AvgIpc) is 2.35. The van der Waals surface area contributed by atoms with Crippen LogP contribution in [-0.2, 0) is 6.42 Å². The Balaban J connectivity index is 2.21. The van der Waals surface area contributed by atoms with Crippen LogP contribution < -0.4 is 0 Å². The molecular weight excluding hydrogens is 230 g/mol. The molecule has 0 fully saturated rings. The summed E-state index contributed by atoms with van der Waals surface area (Å²) in [7, 11) is 0. The van der Waals surface area contributed by atoms with Gasteiger partial charge in [0, 0.05) is 0 Å². The third-order valence-corrected chi connectivity index (χ3v) is 3.22. The zero-order chi connectivity index (χ0) is 13.1. The lowest BCUT2D eigenvalue weighted by Gasteiger charge is -2.13. The van der Waals surface area contributed by atoms with Crippen molar-refractivity contribution in [2.24, 2.45) is 0 Å². The topological polar surface area (TPSA) is 0 Å². The third-order valence-electron chi connectivity index (χ3n) is 3.22. The molecule has 0 spiro atoms. The van der Waals surface area contributed by atoms with Crippen LogP contribution in [0.15, 0.2) is 42.5 Å². The SMILES string of the molecule is Cc1cccc(C[C@H](C)c2cccc(F)c2)c1F. The fraction of sp³-hybridized carbons (Fsp3) is 0.250. The first-order valence-electron chi connectivity index (χ1n) is 6.07. The Morgan fingerprint density at radius 1 is 1.06 bits per heavy atom. The van der Waals surface area contributed by atoms with E-state index < -0.39 is 0 Å². The Kier molecular flexibility index (Phi) is 3.75. The maximum absolute atomic E-state index is 13.9. The number of hydrogen-bond donors (Lipinski definition) is 0. The average molecular weight is 246 g/mol. The van der Waals surface area contributed by atoms with Crippen LogP contribution >= 0.6 is 0 Å². The molecule has 0 heterocycles. The Morgan fingerprint density at radius 2 is 1.78 bits per heavy atom. The molecule has 0 N–H and O–H groups in total. The molecule has 0 aliphatic carbocycles. The first kappa shape index (κ1) is 12.7. The molecule has 0 aromatic heterocycles. The Morgan fingerprint density at radius 3 is 2.50 bits per heavy atom. The van der Waals surface area contributed by atoms with E-state index in [1.807, 2.05) is 19.1 Å². The molecule has 0 saturated carbocycles. The van der Waals surface area contributed by atoms with Gasteiger partial charge < -0.3 is 0 Å². The second-order valence-electron chi connectivity index (χ2n) is 4.71. The number of rotatable bonds is 3. The van der Waals surface area contributed by atoms with Crippen molar-refractivity contribution < 1.29 is 8.78 Å². The van der Waals surface area contributed by atoms with Crippen LogP contribution in [0.4, 0.5) is 8.78 Å². The summed E-state index contributed by atoms with van der Waals surface area (Å²) >= 11 is 0. The zero-order valence-corrected chi connectivity index (χ0v) is 10.6. The molecule has 2 aromatic rings. The monoisotopic (exact) mass is 246 g/mol. The molecule has 2 rings (SSSR count). The fourth-order valence-electron chi connectivity index (χ4n) is 2.13. The molecule has 18 heavy (non-hydrogen) atoms. The van der Waals surface area contributed by atoms with E-state index in [9.17, 15) is 8.78 Å². The highest BCUT2D eigenvalue weighted by Crippen LogP contribution is 2.23. The minimum atomic E-state index is -0.246. The van der Waals surface area contributed by atoms with Crippen molar-refractivity contribution in [2.75, 3.05) is 0 Å². The molecule has 0 aliphatic rings. The van der Waals surface area contributed by atoms with Gasteiger partial charge in [0.05, 0.1) is 0 Å². The van der Waals surface area contributed by atoms with Crippen LogP contribution in [0.1, 0.15) is 29.5 Å². The summed E-state index contributed by atoms with van der Waals surface area (Å²) in [5.74, 6) is -0.304. The predicted molar refractivity (Wildman–Crippen MR) is 69.7 cm³/mol. The van der Waals surface area contributed by atoms with Gasteiger partial charge in [-0.3, -0.25) is 0 Å². The molecule has 0 amide bonds. The normalized spacial score (nSPS) is 12.4. The molecule has 2 heteroatoms. The van der Waals surface area contributed by atoms with Crippen LogP contribution in [0, 0.1) is 18.6 Å². The number of aryl methyl sites for hydroxylation is 1. The lowest BCUT2D eigenvalue weighted by Crippen LogP contribution is -2.02. The molecule has 0 bridgehead atoms. The Labute approximate surface area is 106 Å². The Bertz CT molecular complexity index is 547. The summed E-state index contributed by atoms with van der Waals surface area (Å²) in [4.78, 5) is 0. The summed E-state index contributed by atoms with van der Waals surface area (Å²) in [6, 6.07) is 11.9. The summed E-state index contributed by atoms with van der Waals surface area (Å²) in [6.45, 7) is 3.74. The molecule has 0 radical (unpaired) electrons.